The lowest BCUT2D eigenvalue weighted by Crippen LogP contribution is -2.11. The highest BCUT2D eigenvalue weighted by Gasteiger charge is 2.12. The Morgan fingerprint density at radius 2 is 1.86 bits per heavy atom. The van der Waals surface area contributed by atoms with Crippen molar-refractivity contribution >= 4 is 11.8 Å². The molecule has 0 aliphatic rings. The van der Waals surface area contributed by atoms with Crippen LogP contribution in [-0.4, -0.2) is 14.9 Å². The molecule has 3 aromatic rings. The number of aryl methyl sites for hydroxylation is 2. The average molecular weight is 310 g/mol. The molecule has 0 bridgehead atoms. The van der Waals surface area contributed by atoms with Crippen LogP contribution in [0.25, 0.3) is 11.4 Å². The smallest absolute Gasteiger partial charge is 0.210 e. The van der Waals surface area contributed by atoms with Crippen LogP contribution in [0.1, 0.15) is 16.7 Å². The second-order valence-corrected chi connectivity index (χ2v) is 6.20. The number of nitrogens with zero attached hydrogens (tertiary/aromatic N) is 3. The van der Waals surface area contributed by atoms with Crippen molar-refractivity contribution in [2.75, 3.05) is 5.84 Å². The van der Waals surface area contributed by atoms with Crippen LogP contribution in [0, 0.1) is 13.8 Å². The normalized spacial score (nSPS) is 10.8. The van der Waals surface area contributed by atoms with E-state index in [1.54, 1.807) is 16.4 Å². The van der Waals surface area contributed by atoms with E-state index in [-0.39, 0.29) is 0 Å². The lowest BCUT2D eigenvalue weighted by atomic mass is 10.1. The van der Waals surface area contributed by atoms with E-state index < -0.39 is 0 Å². The van der Waals surface area contributed by atoms with Crippen molar-refractivity contribution in [2.45, 2.75) is 24.8 Å². The van der Waals surface area contributed by atoms with Gasteiger partial charge >= 0.3 is 0 Å². The van der Waals surface area contributed by atoms with Gasteiger partial charge in [-0.15, -0.1) is 10.2 Å². The van der Waals surface area contributed by atoms with E-state index in [1.807, 2.05) is 24.3 Å². The Morgan fingerprint density at radius 1 is 1.05 bits per heavy atom. The minimum absolute atomic E-state index is 0.691. The molecule has 0 spiro atoms. The van der Waals surface area contributed by atoms with Gasteiger partial charge in [0.05, 0.1) is 0 Å². The summed E-state index contributed by atoms with van der Waals surface area (Å²) in [7, 11) is 0. The summed E-state index contributed by atoms with van der Waals surface area (Å²) in [6.07, 6.45) is 0. The first kappa shape index (κ1) is 14.7. The molecule has 0 aliphatic heterocycles. The van der Waals surface area contributed by atoms with E-state index in [0.29, 0.717) is 5.82 Å². The molecule has 2 aromatic carbocycles. The zero-order chi connectivity index (χ0) is 15.5. The molecule has 4 nitrogen and oxygen atoms in total. The lowest BCUT2D eigenvalue weighted by Gasteiger charge is -2.06. The van der Waals surface area contributed by atoms with Gasteiger partial charge in [-0.2, -0.15) is 0 Å². The second kappa shape index (κ2) is 6.23. The van der Waals surface area contributed by atoms with Crippen molar-refractivity contribution in [2.24, 2.45) is 0 Å². The van der Waals surface area contributed by atoms with Crippen molar-refractivity contribution in [3.05, 3.63) is 65.2 Å². The van der Waals surface area contributed by atoms with E-state index in [2.05, 4.69) is 48.3 Å². The number of nitrogens with two attached hydrogens (primary N) is 1. The topological polar surface area (TPSA) is 56.7 Å². The second-order valence-electron chi connectivity index (χ2n) is 5.26. The van der Waals surface area contributed by atoms with Gasteiger partial charge in [-0.1, -0.05) is 59.8 Å². The monoisotopic (exact) mass is 310 g/mol. The maximum absolute atomic E-state index is 6.16. The fraction of sp³-hybridized carbons (Fsp3) is 0.176. The number of nitrogen functional groups attached to an aromatic ring is 1. The maximum atomic E-state index is 6.16. The van der Waals surface area contributed by atoms with Crippen LogP contribution in [0.5, 0.6) is 0 Å². The summed E-state index contributed by atoms with van der Waals surface area (Å²) < 4.78 is 1.57. The van der Waals surface area contributed by atoms with Crippen LogP contribution in [0.15, 0.2) is 53.7 Å². The van der Waals surface area contributed by atoms with Gasteiger partial charge < -0.3 is 5.84 Å². The summed E-state index contributed by atoms with van der Waals surface area (Å²) in [5.74, 6) is 7.68. The van der Waals surface area contributed by atoms with Gasteiger partial charge in [0.1, 0.15) is 0 Å². The summed E-state index contributed by atoms with van der Waals surface area (Å²) in [5.41, 5.74) is 4.72. The zero-order valence-electron chi connectivity index (χ0n) is 12.7. The third kappa shape index (κ3) is 2.99. The van der Waals surface area contributed by atoms with Crippen molar-refractivity contribution in [3.63, 3.8) is 0 Å². The van der Waals surface area contributed by atoms with Crippen LogP contribution >= 0.6 is 11.8 Å². The molecule has 0 unspecified atom stereocenters. The van der Waals surface area contributed by atoms with Gasteiger partial charge in [0.25, 0.3) is 0 Å². The summed E-state index contributed by atoms with van der Waals surface area (Å²) in [5, 5.41) is 9.17. The van der Waals surface area contributed by atoms with Gasteiger partial charge in [-0.3, -0.25) is 0 Å². The van der Waals surface area contributed by atoms with Crippen molar-refractivity contribution in [3.8, 4) is 11.4 Å². The molecular formula is C17H18N4S. The number of aromatic nitrogens is 3. The Bertz CT molecular complexity index is 795. The molecule has 0 saturated heterocycles. The molecule has 0 atom stereocenters. The Morgan fingerprint density at radius 3 is 2.64 bits per heavy atom. The first-order valence-corrected chi connectivity index (χ1v) is 8.08. The molecule has 5 heteroatoms. The van der Waals surface area contributed by atoms with Gasteiger partial charge in [-0.25, -0.2) is 4.68 Å². The third-order valence-corrected chi connectivity index (χ3v) is 4.55. The molecule has 22 heavy (non-hydrogen) atoms. The van der Waals surface area contributed by atoms with E-state index in [4.69, 9.17) is 5.84 Å². The number of hydrogen-bond acceptors (Lipinski definition) is 4. The summed E-state index contributed by atoms with van der Waals surface area (Å²) in [6, 6.07) is 16.4. The highest BCUT2D eigenvalue weighted by molar-refractivity contribution is 7.98. The maximum Gasteiger partial charge on any atom is 0.210 e. The van der Waals surface area contributed by atoms with E-state index in [0.717, 1.165) is 16.5 Å². The fourth-order valence-corrected chi connectivity index (χ4v) is 3.20. The quantitative estimate of drug-likeness (QED) is 0.591. The van der Waals surface area contributed by atoms with Crippen molar-refractivity contribution in [1.29, 1.82) is 0 Å². The molecule has 1 aromatic heterocycles. The number of benzene rings is 2. The van der Waals surface area contributed by atoms with Gasteiger partial charge in [0.15, 0.2) is 5.82 Å². The Labute approximate surface area is 134 Å². The molecule has 0 saturated carbocycles. The highest BCUT2D eigenvalue weighted by Crippen LogP contribution is 2.25. The average Bonchev–Trinajstić information content (AvgIpc) is 2.87. The lowest BCUT2D eigenvalue weighted by molar-refractivity contribution is 0.849. The molecule has 0 radical (unpaired) electrons. The zero-order valence-corrected chi connectivity index (χ0v) is 13.5. The van der Waals surface area contributed by atoms with Gasteiger partial charge in [0.2, 0.25) is 5.16 Å². The highest BCUT2D eigenvalue weighted by atomic mass is 32.2. The largest absolute Gasteiger partial charge is 0.335 e. The Balaban J connectivity index is 1.81. The summed E-state index contributed by atoms with van der Waals surface area (Å²) in [6.45, 7) is 4.16. The van der Waals surface area contributed by atoms with Crippen LogP contribution in [0.2, 0.25) is 0 Å². The SMILES string of the molecule is Cc1cccc(-c2nnc(SCc3ccccc3C)n2N)c1. The van der Waals surface area contributed by atoms with E-state index in [1.165, 1.54) is 16.7 Å². The first-order chi connectivity index (χ1) is 10.6. The van der Waals surface area contributed by atoms with Crippen LogP contribution in [0.3, 0.4) is 0 Å². The molecule has 3 rings (SSSR count). The number of thioether (sulfide) groups is 1. The Hall–Kier alpha value is -2.27. The van der Waals surface area contributed by atoms with Gasteiger partial charge in [-0.05, 0) is 31.0 Å². The van der Waals surface area contributed by atoms with E-state index >= 15 is 0 Å². The molecule has 112 valence electrons. The first-order valence-electron chi connectivity index (χ1n) is 7.10. The van der Waals surface area contributed by atoms with Crippen molar-refractivity contribution < 1.29 is 0 Å². The van der Waals surface area contributed by atoms with Crippen LogP contribution in [0.4, 0.5) is 0 Å². The standard InChI is InChI=1S/C17H18N4S/c1-12-6-5-9-14(10-12)16-19-20-17(21(16)18)22-11-15-8-4-3-7-13(15)2/h3-10H,11,18H2,1-2H3. The molecule has 0 fully saturated rings. The molecule has 0 aliphatic carbocycles. The van der Waals surface area contributed by atoms with E-state index in [9.17, 15) is 0 Å². The number of hydrogen-bond donors (Lipinski definition) is 1. The fourth-order valence-electron chi connectivity index (χ4n) is 2.27. The number of rotatable bonds is 4. The molecule has 0 amide bonds. The van der Waals surface area contributed by atoms with Crippen LogP contribution < -0.4 is 5.84 Å². The van der Waals surface area contributed by atoms with Crippen LogP contribution in [-0.2, 0) is 5.75 Å². The minimum atomic E-state index is 0.691. The summed E-state index contributed by atoms with van der Waals surface area (Å²) in [4.78, 5) is 0. The van der Waals surface area contributed by atoms with Gasteiger partial charge in [0, 0.05) is 11.3 Å². The molecular weight excluding hydrogens is 292 g/mol. The summed E-state index contributed by atoms with van der Waals surface area (Å²) >= 11 is 1.60. The third-order valence-electron chi connectivity index (χ3n) is 3.56. The molecule has 1 heterocycles. The minimum Gasteiger partial charge on any atom is -0.335 e. The Kier molecular flexibility index (Phi) is 4.15. The molecule has 2 N–H and O–H groups in total. The predicted molar refractivity (Wildman–Crippen MR) is 91.1 cm³/mol. The van der Waals surface area contributed by atoms with Crippen molar-refractivity contribution in [1.82, 2.24) is 14.9 Å². The predicted octanol–water partition coefficient (Wildman–Crippen LogP) is 3.57.